The molecular formula is C20H23Cl2N3O2. The quantitative estimate of drug-likeness (QED) is 0.378. The third kappa shape index (κ3) is 6.22. The topological polar surface area (TPSA) is 65.3 Å². The molecule has 0 aromatic heterocycles. The monoisotopic (exact) mass is 407 g/mol. The van der Waals surface area contributed by atoms with Crippen molar-refractivity contribution >= 4 is 46.2 Å². The lowest BCUT2D eigenvalue weighted by atomic mass is 10.1. The molecule has 0 atom stereocenters. The summed E-state index contributed by atoms with van der Waals surface area (Å²) >= 11 is 11.7. The van der Waals surface area contributed by atoms with Crippen LogP contribution in [-0.4, -0.2) is 35.9 Å². The molecule has 2 rings (SSSR count). The molecule has 0 amide bonds. The smallest absolute Gasteiger partial charge is 0.337 e. The molecule has 1 N–H and O–H groups in total. The van der Waals surface area contributed by atoms with Crippen LogP contribution in [-0.2, 0) is 0 Å². The molecule has 0 aliphatic carbocycles. The molecule has 0 unspecified atom stereocenters. The number of aryl methyl sites for hydroxylation is 1. The number of aromatic carboxylic acids is 1. The number of carboxylic acids is 1. The lowest BCUT2D eigenvalue weighted by molar-refractivity contribution is 0.0697. The highest BCUT2D eigenvalue weighted by Gasteiger charge is 2.10. The van der Waals surface area contributed by atoms with Crippen LogP contribution in [0.4, 0.5) is 17.1 Å². The van der Waals surface area contributed by atoms with Crippen LogP contribution in [0.15, 0.2) is 52.7 Å². The van der Waals surface area contributed by atoms with Gasteiger partial charge in [0.05, 0.1) is 11.3 Å². The molecule has 144 valence electrons. The maximum Gasteiger partial charge on any atom is 0.337 e. The van der Waals surface area contributed by atoms with Crippen LogP contribution in [0.1, 0.15) is 28.8 Å². The summed E-state index contributed by atoms with van der Waals surface area (Å²) in [7, 11) is 0. The molecule has 0 saturated carbocycles. The number of carbonyl (C=O) groups is 1. The number of hydrogen-bond acceptors (Lipinski definition) is 4. The number of carboxylic acid groups (broad SMARTS) is 1. The van der Waals surface area contributed by atoms with Crippen LogP contribution < -0.4 is 4.90 Å². The van der Waals surface area contributed by atoms with Gasteiger partial charge >= 0.3 is 5.97 Å². The van der Waals surface area contributed by atoms with Crippen molar-refractivity contribution in [3.8, 4) is 0 Å². The van der Waals surface area contributed by atoms with Gasteiger partial charge in [-0.2, -0.15) is 5.11 Å². The third-order valence-corrected chi connectivity index (χ3v) is 4.60. The number of hydrogen-bond donors (Lipinski definition) is 1. The van der Waals surface area contributed by atoms with Gasteiger partial charge in [-0.1, -0.05) is 12.1 Å². The highest BCUT2D eigenvalue weighted by atomic mass is 35.5. The number of benzene rings is 2. The van der Waals surface area contributed by atoms with Crippen molar-refractivity contribution in [2.75, 3.05) is 29.7 Å². The predicted octanol–water partition coefficient (Wildman–Crippen LogP) is 6.17. The zero-order chi connectivity index (χ0) is 19.6. The van der Waals surface area contributed by atoms with Crippen molar-refractivity contribution in [3.05, 3.63) is 53.6 Å². The summed E-state index contributed by atoms with van der Waals surface area (Å²) in [6, 6.07) is 12.5. The Morgan fingerprint density at radius 2 is 1.63 bits per heavy atom. The number of anilines is 1. The summed E-state index contributed by atoms with van der Waals surface area (Å²) in [5.41, 5.74) is 3.22. The molecule has 0 radical (unpaired) electrons. The van der Waals surface area contributed by atoms with Crippen LogP contribution in [0.5, 0.6) is 0 Å². The van der Waals surface area contributed by atoms with Gasteiger partial charge in [0.1, 0.15) is 5.69 Å². The van der Waals surface area contributed by atoms with Crippen LogP contribution >= 0.6 is 23.2 Å². The zero-order valence-electron chi connectivity index (χ0n) is 15.2. The van der Waals surface area contributed by atoms with E-state index in [0.717, 1.165) is 37.2 Å². The van der Waals surface area contributed by atoms with Crippen molar-refractivity contribution in [3.63, 3.8) is 0 Å². The second kappa shape index (κ2) is 10.9. The summed E-state index contributed by atoms with van der Waals surface area (Å²) < 4.78 is 0. The molecule has 27 heavy (non-hydrogen) atoms. The Labute approximate surface area is 169 Å². The molecule has 0 bridgehead atoms. The van der Waals surface area contributed by atoms with E-state index >= 15 is 0 Å². The van der Waals surface area contributed by atoms with Crippen molar-refractivity contribution in [2.24, 2.45) is 10.2 Å². The standard InChI is InChI=1S/C20H23Cl2N3O2/c1-15-14-16(25(12-4-10-21)13-5-11-22)8-9-18(15)23-24-19-7-3-2-6-17(19)20(26)27/h2-3,6-9,14H,4-5,10-13H2,1H3,(H,26,27). The molecule has 0 spiro atoms. The molecule has 0 aliphatic heterocycles. The van der Waals surface area contributed by atoms with Gasteiger partial charge in [0.15, 0.2) is 0 Å². The Kier molecular flexibility index (Phi) is 8.55. The first-order chi connectivity index (χ1) is 13.1. The summed E-state index contributed by atoms with van der Waals surface area (Å²) in [6.45, 7) is 3.70. The second-order valence-electron chi connectivity index (χ2n) is 6.07. The van der Waals surface area contributed by atoms with E-state index in [-0.39, 0.29) is 5.56 Å². The van der Waals surface area contributed by atoms with Crippen molar-refractivity contribution in [1.82, 2.24) is 0 Å². The van der Waals surface area contributed by atoms with Gasteiger partial charge in [0, 0.05) is 30.5 Å². The van der Waals surface area contributed by atoms with Crippen LogP contribution in [0.2, 0.25) is 0 Å². The van der Waals surface area contributed by atoms with E-state index < -0.39 is 5.97 Å². The van der Waals surface area contributed by atoms with Gasteiger partial charge in [-0.05, 0) is 55.7 Å². The summed E-state index contributed by atoms with van der Waals surface area (Å²) in [5, 5.41) is 17.6. The Bertz CT molecular complexity index is 789. The molecule has 2 aromatic rings. The van der Waals surface area contributed by atoms with Gasteiger partial charge in [0.2, 0.25) is 0 Å². The lowest BCUT2D eigenvalue weighted by Crippen LogP contribution is -2.26. The van der Waals surface area contributed by atoms with Crippen molar-refractivity contribution < 1.29 is 9.90 Å². The molecule has 5 nitrogen and oxygen atoms in total. The fourth-order valence-electron chi connectivity index (χ4n) is 2.67. The van der Waals surface area contributed by atoms with E-state index in [1.54, 1.807) is 18.2 Å². The number of rotatable bonds is 10. The van der Waals surface area contributed by atoms with Gasteiger partial charge in [0.25, 0.3) is 0 Å². The first kappa shape index (κ1) is 21.2. The summed E-state index contributed by atoms with van der Waals surface area (Å²) in [4.78, 5) is 13.5. The SMILES string of the molecule is Cc1cc(N(CCCCl)CCCCl)ccc1N=Nc1ccccc1C(=O)O. The van der Waals surface area contributed by atoms with Crippen LogP contribution in [0.25, 0.3) is 0 Å². The van der Waals surface area contributed by atoms with E-state index in [1.165, 1.54) is 6.07 Å². The van der Waals surface area contributed by atoms with E-state index in [1.807, 2.05) is 19.1 Å². The van der Waals surface area contributed by atoms with Crippen molar-refractivity contribution in [2.45, 2.75) is 19.8 Å². The highest BCUT2D eigenvalue weighted by molar-refractivity contribution is 6.18. The number of nitrogens with zero attached hydrogens (tertiary/aromatic N) is 3. The van der Waals surface area contributed by atoms with Gasteiger partial charge in [-0.15, -0.1) is 28.3 Å². The Hall–Kier alpha value is -2.11. The number of azo groups is 1. The minimum Gasteiger partial charge on any atom is -0.478 e. The van der Waals surface area contributed by atoms with Crippen LogP contribution in [0.3, 0.4) is 0 Å². The Morgan fingerprint density at radius 1 is 1.00 bits per heavy atom. The zero-order valence-corrected chi connectivity index (χ0v) is 16.7. The number of halogens is 2. The largest absolute Gasteiger partial charge is 0.478 e. The summed E-state index contributed by atoms with van der Waals surface area (Å²) in [6.07, 6.45) is 1.80. The van der Waals surface area contributed by atoms with E-state index in [4.69, 9.17) is 23.2 Å². The third-order valence-electron chi connectivity index (χ3n) is 4.07. The normalized spacial score (nSPS) is 11.1. The molecule has 0 aliphatic rings. The lowest BCUT2D eigenvalue weighted by Gasteiger charge is -2.25. The van der Waals surface area contributed by atoms with E-state index in [0.29, 0.717) is 23.1 Å². The molecule has 2 aromatic carbocycles. The molecule has 0 heterocycles. The number of alkyl halides is 2. The fraction of sp³-hybridized carbons (Fsp3) is 0.350. The minimum absolute atomic E-state index is 0.129. The van der Waals surface area contributed by atoms with Gasteiger partial charge in [-0.3, -0.25) is 0 Å². The average molecular weight is 408 g/mol. The first-order valence-corrected chi connectivity index (χ1v) is 9.85. The Balaban J connectivity index is 2.21. The van der Waals surface area contributed by atoms with E-state index in [9.17, 15) is 9.90 Å². The first-order valence-electron chi connectivity index (χ1n) is 8.78. The van der Waals surface area contributed by atoms with E-state index in [2.05, 4.69) is 21.2 Å². The Morgan fingerprint density at radius 3 is 2.22 bits per heavy atom. The maximum absolute atomic E-state index is 11.3. The average Bonchev–Trinajstić information content (AvgIpc) is 2.67. The predicted molar refractivity (Wildman–Crippen MR) is 112 cm³/mol. The second-order valence-corrected chi connectivity index (χ2v) is 6.82. The maximum atomic E-state index is 11.3. The molecule has 7 heteroatoms. The molecule has 0 fully saturated rings. The van der Waals surface area contributed by atoms with Crippen molar-refractivity contribution in [1.29, 1.82) is 0 Å². The summed E-state index contributed by atoms with van der Waals surface area (Å²) in [5.74, 6) is 0.211. The molecular weight excluding hydrogens is 385 g/mol. The van der Waals surface area contributed by atoms with Gasteiger partial charge in [-0.25, -0.2) is 4.79 Å². The van der Waals surface area contributed by atoms with Crippen LogP contribution in [0, 0.1) is 6.92 Å². The molecule has 0 saturated heterocycles. The minimum atomic E-state index is -1.02. The highest BCUT2D eigenvalue weighted by Crippen LogP contribution is 2.28. The fourth-order valence-corrected chi connectivity index (χ4v) is 2.91. The van der Waals surface area contributed by atoms with Gasteiger partial charge < -0.3 is 10.0 Å².